The minimum absolute atomic E-state index is 0.580. The van der Waals surface area contributed by atoms with Crippen LogP contribution < -0.4 is 15.4 Å². The summed E-state index contributed by atoms with van der Waals surface area (Å²) in [5.41, 5.74) is 3.55. The van der Waals surface area contributed by atoms with Crippen LogP contribution in [0.3, 0.4) is 0 Å². The Balaban J connectivity index is 1.82. The number of aryl methyl sites for hydroxylation is 1. The van der Waals surface area contributed by atoms with Crippen molar-refractivity contribution in [2.75, 3.05) is 26.8 Å². The van der Waals surface area contributed by atoms with Gasteiger partial charge in [0.15, 0.2) is 5.96 Å². The van der Waals surface area contributed by atoms with Gasteiger partial charge in [-0.2, -0.15) is 0 Å². The van der Waals surface area contributed by atoms with E-state index in [1.807, 2.05) is 30.3 Å². The van der Waals surface area contributed by atoms with Gasteiger partial charge < -0.3 is 20.1 Å². The van der Waals surface area contributed by atoms with E-state index >= 15 is 0 Å². The normalized spacial score (nSPS) is 11.3. The van der Waals surface area contributed by atoms with Crippen LogP contribution in [0.25, 0.3) is 0 Å². The third-order valence-corrected chi connectivity index (χ3v) is 3.75. The van der Waals surface area contributed by atoms with Gasteiger partial charge in [-0.15, -0.1) is 0 Å². The number of guanidine groups is 1. The summed E-state index contributed by atoms with van der Waals surface area (Å²) < 4.78 is 10.9. The van der Waals surface area contributed by atoms with Crippen molar-refractivity contribution in [1.29, 1.82) is 0 Å². The van der Waals surface area contributed by atoms with E-state index in [1.165, 1.54) is 5.56 Å². The molecule has 140 valence electrons. The van der Waals surface area contributed by atoms with Crippen LogP contribution in [0.1, 0.15) is 23.6 Å². The molecule has 2 N–H and O–H groups in total. The van der Waals surface area contributed by atoms with Gasteiger partial charge in [0.05, 0.1) is 19.7 Å². The SMILES string of the molecule is CCNC(=NCc1cccc(COC)c1)NCCOc1ccc(C)cc1. The predicted molar refractivity (Wildman–Crippen MR) is 107 cm³/mol. The molecule has 0 amide bonds. The highest BCUT2D eigenvalue weighted by Gasteiger charge is 2.00. The second-order valence-corrected chi connectivity index (χ2v) is 6.04. The molecule has 0 heterocycles. The fourth-order valence-corrected chi connectivity index (χ4v) is 2.47. The predicted octanol–water partition coefficient (Wildman–Crippen LogP) is 3.28. The molecule has 0 bridgehead atoms. The fourth-order valence-electron chi connectivity index (χ4n) is 2.47. The second-order valence-electron chi connectivity index (χ2n) is 6.04. The van der Waals surface area contributed by atoms with Crippen LogP contribution in [-0.4, -0.2) is 32.8 Å². The summed E-state index contributed by atoms with van der Waals surface area (Å²) in [6, 6.07) is 16.4. The Morgan fingerprint density at radius 1 is 1.04 bits per heavy atom. The van der Waals surface area contributed by atoms with Crippen LogP contribution in [0.15, 0.2) is 53.5 Å². The van der Waals surface area contributed by atoms with Crippen LogP contribution in [0.2, 0.25) is 0 Å². The van der Waals surface area contributed by atoms with E-state index in [2.05, 4.69) is 47.7 Å². The quantitative estimate of drug-likeness (QED) is 0.412. The molecule has 0 radical (unpaired) electrons. The van der Waals surface area contributed by atoms with Crippen LogP contribution in [0, 0.1) is 6.92 Å². The minimum atomic E-state index is 0.580. The molecule has 0 aliphatic rings. The molecule has 0 atom stereocenters. The highest BCUT2D eigenvalue weighted by Crippen LogP contribution is 2.11. The van der Waals surface area contributed by atoms with Gasteiger partial charge in [0.2, 0.25) is 0 Å². The molecule has 0 spiro atoms. The molecule has 0 unspecified atom stereocenters. The van der Waals surface area contributed by atoms with Gasteiger partial charge in [-0.1, -0.05) is 42.0 Å². The van der Waals surface area contributed by atoms with Crippen molar-refractivity contribution in [3.8, 4) is 5.75 Å². The largest absolute Gasteiger partial charge is 0.492 e. The van der Waals surface area contributed by atoms with E-state index in [4.69, 9.17) is 9.47 Å². The number of benzene rings is 2. The van der Waals surface area contributed by atoms with Gasteiger partial charge in [0.25, 0.3) is 0 Å². The summed E-state index contributed by atoms with van der Waals surface area (Å²) in [6.45, 7) is 7.43. The maximum Gasteiger partial charge on any atom is 0.191 e. The Bertz CT molecular complexity index is 684. The maximum atomic E-state index is 5.74. The van der Waals surface area contributed by atoms with E-state index in [9.17, 15) is 0 Å². The monoisotopic (exact) mass is 355 g/mol. The number of nitrogens with one attached hydrogen (secondary N) is 2. The zero-order chi connectivity index (χ0) is 18.6. The highest BCUT2D eigenvalue weighted by molar-refractivity contribution is 5.79. The van der Waals surface area contributed by atoms with Crippen molar-refractivity contribution in [2.24, 2.45) is 4.99 Å². The Hall–Kier alpha value is -2.53. The molecule has 2 rings (SSSR count). The lowest BCUT2D eigenvalue weighted by molar-refractivity contribution is 0.185. The van der Waals surface area contributed by atoms with Gasteiger partial charge >= 0.3 is 0 Å². The van der Waals surface area contributed by atoms with Crippen molar-refractivity contribution in [1.82, 2.24) is 10.6 Å². The van der Waals surface area contributed by atoms with Crippen LogP contribution in [0.5, 0.6) is 5.75 Å². The van der Waals surface area contributed by atoms with Gasteiger partial charge in [0.1, 0.15) is 12.4 Å². The van der Waals surface area contributed by atoms with Gasteiger partial charge in [-0.25, -0.2) is 4.99 Å². The number of aliphatic imine (C=N–C) groups is 1. The summed E-state index contributed by atoms with van der Waals surface area (Å²) in [6.07, 6.45) is 0. The van der Waals surface area contributed by atoms with Crippen molar-refractivity contribution in [2.45, 2.75) is 27.0 Å². The number of nitrogens with zero attached hydrogens (tertiary/aromatic N) is 1. The molecule has 0 fully saturated rings. The second kappa shape index (κ2) is 11.2. The van der Waals surface area contributed by atoms with Crippen molar-refractivity contribution in [3.63, 3.8) is 0 Å². The molecular formula is C21H29N3O2. The molecule has 5 nitrogen and oxygen atoms in total. The minimum Gasteiger partial charge on any atom is -0.492 e. The first-order valence-corrected chi connectivity index (χ1v) is 8.99. The van der Waals surface area contributed by atoms with E-state index in [1.54, 1.807) is 7.11 Å². The van der Waals surface area contributed by atoms with Gasteiger partial charge in [-0.3, -0.25) is 0 Å². The number of methoxy groups -OCH3 is 1. The smallest absolute Gasteiger partial charge is 0.191 e. The fraction of sp³-hybridized carbons (Fsp3) is 0.381. The Labute approximate surface area is 156 Å². The zero-order valence-electron chi connectivity index (χ0n) is 15.9. The lowest BCUT2D eigenvalue weighted by Crippen LogP contribution is -2.39. The Kier molecular flexibility index (Phi) is 8.49. The molecule has 26 heavy (non-hydrogen) atoms. The Morgan fingerprint density at radius 2 is 1.81 bits per heavy atom. The standard InChI is InChI=1S/C21H29N3O2/c1-4-22-21(23-12-13-26-20-10-8-17(2)9-11-20)24-15-18-6-5-7-19(14-18)16-25-3/h5-11,14H,4,12-13,15-16H2,1-3H3,(H2,22,23,24). The van der Waals surface area contributed by atoms with Gasteiger partial charge in [0, 0.05) is 13.7 Å². The number of hydrogen-bond acceptors (Lipinski definition) is 3. The molecular weight excluding hydrogens is 326 g/mol. The third-order valence-electron chi connectivity index (χ3n) is 3.75. The number of hydrogen-bond donors (Lipinski definition) is 2. The van der Waals surface area contributed by atoms with E-state index < -0.39 is 0 Å². The van der Waals surface area contributed by atoms with Gasteiger partial charge in [-0.05, 0) is 37.1 Å². The Morgan fingerprint density at radius 3 is 2.54 bits per heavy atom. The topological polar surface area (TPSA) is 54.9 Å². The summed E-state index contributed by atoms with van der Waals surface area (Å²) in [4.78, 5) is 4.64. The molecule has 0 aromatic heterocycles. The van der Waals surface area contributed by atoms with Crippen LogP contribution in [-0.2, 0) is 17.9 Å². The maximum absolute atomic E-state index is 5.74. The first-order chi connectivity index (χ1) is 12.7. The lowest BCUT2D eigenvalue weighted by atomic mass is 10.1. The zero-order valence-corrected chi connectivity index (χ0v) is 15.9. The molecule has 0 saturated heterocycles. The van der Waals surface area contributed by atoms with E-state index in [0.717, 1.165) is 29.4 Å². The number of ether oxygens (including phenoxy) is 2. The summed E-state index contributed by atoms with van der Waals surface area (Å²) in [7, 11) is 1.71. The average Bonchev–Trinajstić information content (AvgIpc) is 2.65. The first kappa shape index (κ1) is 19.8. The molecule has 2 aromatic rings. The van der Waals surface area contributed by atoms with Crippen molar-refractivity contribution < 1.29 is 9.47 Å². The summed E-state index contributed by atoms with van der Waals surface area (Å²) >= 11 is 0. The lowest BCUT2D eigenvalue weighted by Gasteiger charge is -2.12. The van der Waals surface area contributed by atoms with Crippen LogP contribution in [0.4, 0.5) is 0 Å². The summed E-state index contributed by atoms with van der Waals surface area (Å²) in [5, 5.41) is 6.56. The molecule has 0 aliphatic heterocycles. The number of rotatable bonds is 9. The summed E-state index contributed by atoms with van der Waals surface area (Å²) in [5.74, 6) is 1.67. The molecule has 0 saturated carbocycles. The third kappa shape index (κ3) is 7.15. The van der Waals surface area contributed by atoms with Crippen molar-refractivity contribution >= 4 is 5.96 Å². The van der Waals surface area contributed by atoms with Crippen LogP contribution >= 0.6 is 0 Å². The van der Waals surface area contributed by atoms with Crippen molar-refractivity contribution in [3.05, 3.63) is 65.2 Å². The molecule has 0 aliphatic carbocycles. The molecule has 5 heteroatoms. The van der Waals surface area contributed by atoms with E-state index in [0.29, 0.717) is 26.3 Å². The average molecular weight is 355 g/mol. The van der Waals surface area contributed by atoms with E-state index in [-0.39, 0.29) is 0 Å². The highest BCUT2D eigenvalue weighted by atomic mass is 16.5. The molecule has 2 aromatic carbocycles. The first-order valence-electron chi connectivity index (χ1n) is 8.99.